The molecule has 0 fully saturated rings. The van der Waals surface area contributed by atoms with Crippen molar-refractivity contribution in [2.24, 2.45) is 10.7 Å². The van der Waals surface area contributed by atoms with E-state index in [4.69, 9.17) is 5.73 Å². The topological polar surface area (TPSA) is 59.6 Å². The summed E-state index contributed by atoms with van der Waals surface area (Å²) in [4.78, 5) is 4.26. The van der Waals surface area contributed by atoms with Gasteiger partial charge in [-0.2, -0.15) is 13.2 Å². The Morgan fingerprint density at radius 1 is 1.08 bits per heavy atom. The van der Waals surface area contributed by atoms with Crippen LogP contribution in [0.3, 0.4) is 0 Å². The number of hydrogen-bond acceptors (Lipinski definition) is 2. The molecule has 3 N–H and O–H groups in total. The van der Waals surface area contributed by atoms with E-state index in [0.29, 0.717) is 12.5 Å². The standard InChI is InChI=1S/C19H20F3N3O/c20-19(21,22)12-26-17-8-4-13(5-9-17)11-24-18(23)25-16-7-6-14-2-1-3-15(14)10-16/h4-10H,1-3,11-12H2,(H3,23,24,25). The van der Waals surface area contributed by atoms with E-state index in [1.165, 1.54) is 29.7 Å². The van der Waals surface area contributed by atoms with Crippen LogP contribution in [0.2, 0.25) is 0 Å². The summed E-state index contributed by atoms with van der Waals surface area (Å²) in [7, 11) is 0. The van der Waals surface area contributed by atoms with Crippen LogP contribution < -0.4 is 15.8 Å². The lowest BCUT2D eigenvalue weighted by Crippen LogP contribution is -2.22. The summed E-state index contributed by atoms with van der Waals surface area (Å²) in [5.41, 5.74) is 10.4. The molecule has 7 heteroatoms. The van der Waals surface area contributed by atoms with Crippen molar-refractivity contribution in [3.05, 3.63) is 59.2 Å². The number of halogens is 3. The Balaban J connectivity index is 1.53. The molecule has 1 aliphatic carbocycles. The maximum absolute atomic E-state index is 12.1. The van der Waals surface area contributed by atoms with Crippen molar-refractivity contribution in [3.63, 3.8) is 0 Å². The van der Waals surface area contributed by atoms with Crippen molar-refractivity contribution >= 4 is 11.6 Å². The zero-order valence-corrected chi connectivity index (χ0v) is 14.1. The largest absolute Gasteiger partial charge is 0.484 e. The summed E-state index contributed by atoms with van der Waals surface area (Å²) in [6.07, 6.45) is -0.946. The number of rotatable bonds is 5. The molecule has 2 aromatic rings. The average Bonchev–Trinajstić information content (AvgIpc) is 3.06. The first kappa shape index (κ1) is 18.1. The van der Waals surface area contributed by atoms with E-state index in [0.717, 1.165) is 24.1 Å². The second-order valence-corrected chi connectivity index (χ2v) is 6.21. The summed E-state index contributed by atoms with van der Waals surface area (Å²) >= 11 is 0. The van der Waals surface area contributed by atoms with Gasteiger partial charge in [0.1, 0.15) is 5.75 Å². The minimum Gasteiger partial charge on any atom is -0.484 e. The predicted octanol–water partition coefficient (Wildman–Crippen LogP) is 4.04. The van der Waals surface area contributed by atoms with Crippen molar-refractivity contribution in [1.82, 2.24) is 0 Å². The van der Waals surface area contributed by atoms with Crippen LogP contribution in [-0.4, -0.2) is 18.7 Å². The number of alkyl halides is 3. The molecule has 138 valence electrons. The summed E-state index contributed by atoms with van der Waals surface area (Å²) in [5.74, 6) is 0.458. The van der Waals surface area contributed by atoms with Crippen LogP contribution in [0.4, 0.5) is 18.9 Å². The van der Waals surface area contributed by atoms with Crippen LogP contribution >= 0.6 is 0 Å². The number of hydrogen-bond donors (Lipinski definition) is 2. The molecule has 0 heterocycles. The summed E-state index contributed by atoms with van der Waals surface area (Å²) in [6, 6.07) is 12.5. The highest BCUT2D eigenvalue weighted by atomic mass is 19.4. The minimum atomic E-state index is -4.35. The first-order valence-electron chi connectivity index (χ1n) is 8.36. The number of nitrogens with zero attached hydrogens (tertiary/aromatic N) is 1. The van der Waals surface area contributed by atoms with Crippen LogP contribution in [0.15, 0.2) is 47.5 Å². The number of guanidine groups is 1. The van der Waals surface area contributed by atoms with Gasteiger partial charge < -0.3 is 15.8 Å². The first-order chi connectivity index (χ1) is 12.4. The van der Waals surface area contributed by atoms with Gasteiger partial charge in [0.15, 0.2) is 12.6 Å². The van der Waals surface area contributed by atoms with Crippen LogP contribution in [0.25, 0.3) is 0 Å². The van der Waals surface area contributed by atoms with E-state index >= 15 is 0 Å². The zero-order chi connectivity index (χ0) is 18.6. The lowest BCUT2D eigenvalue weighted by molar-refractivity contribution is -0.153. The third-order valence-electron chi connectivity index (χ3n) is 4.13. The smallest absolute Gasteiger partial charge is 0.422 e. The van der Waals surface area contributed by atoms with Gasteiger partial charge in [-0.15, -0.1) is 0 Å². The Hall–Kier alpha value is -2.70. The van der Waals surface area contributed by atoms with Gasteiger partial charge in [-0.3, -0.25) is 0 Å². The van der Waals surface area contributed by atoms with E-state index in [1.54, 1.807) is 12.1 Å². The number of fused-ring (bicyclic) bond motifs is 1. The Morgan fingerprint density at radius 2 is 1.81 bits per heavy atom. The van der Waals surface area contributed by atoms with Crippen molar-refractivity contribution in [1.29, 1.82) is 0 Å². The zero-order valence-electron chi connectivity index (χ0n) is 14.1. The molecular formula is C19H20F3N3O. The van der Waals surface area contributed by atoms with E-state index in [9.17, 15) is 13.2 Å². The summed E-state index contributed by atoms with van der Waals surface area (Å²) in [5, 5.41) is 3.07. The van der Waals surface area contributed by atoms with Gasteiger partial charge in [0.05, 0.1) is 6.54 Å². The van der Waals surface area contributed by atoms with Gasteiger partial charge in [0, 0.05) is 5.69 Å². The molecule has 26 heavy (non-hydrogen) atoms. The van der Waals surface area contributed by atoms with Gasteiger partial charge in [0.2, 0.25) is 0 Å². The molecule has 1 aliphatic rings. The molecule has 0 amide bonds. The van der Waals surface area contributed by atoms with Crippen LogP contribution in [0, 0.1) is 0 Å². The van der Waals surface area contributed by atoms with Gasteiger partial charge in [-0.1, -0.05) is 18.2 Å². The third-order valence-corrected chi connectivity index (χ3v) is 4.13. The SMILES string of the molecule is NC(=NCc1ccc(OCC(F)(F)F)cc1)Nc1ccc2c(c1)CCC2. The number of benzene rings is 2. The Kier molecular flexibility index (Phi) is 5.35. The highest BCUT2D eigenvalue weighted by molar-refractivity contribution is 5.92. The Labute approximate surface area is 149 Å². The number of ether oxygens (including phenoxy) is 1. The molecule has 4 nitrogen and oxygen atoms in total. The van der Waals surface area contributed by atoms with Gasteiger partial charge in [-0.25, -0.2) is 4.99 Å². The molecule has 0 saturated carbocycles. The van der Waals surface area contributed by atoms with E-state index < -0.39 is 12.8 Å². The fourth-order valence-corrected chi connectivity index (χ4v) is 2.87. The van der Waals surface area contributed by atoms with Gasteiger partial charge in [0.25, 0.3) is 0 Å². The lowest BCUT2D eigenvalue weighted by atomic mass is 10.1. The van der Waals surface area contributed by atoms with E-state index in [-0.39, 0.29) is 5.75 Å². The van der Waals surface area contributed by atoms with Crippen molar-refractivity contribution in [2.75, 3.05) is 11.9 Å². The van der Waals surface area contributed by atoms with E-state index in [2.05, 4.69) is 27.2 Å². The molecule has 2 aromatic carbocycles. The molecule has 0 atom stereocenters. The highest BCUT2D eigenvalue weighted by Crippen LogP contribution is 2.24. The maximum Gasteiger partial charge on any atom is 0.422 e. The van der Waals surface area contributed by atoms with Crippen LogP contribution in [0.1, 0.15) is 23.1 Å². The first-order valence-corrected chi connectivity index (χ1v) is 8.36. The second-order valence-electron chi connectivity index (χ2n) is 6.21. The monoisotopic (exact) mass is 363 g/mol. The quantitative estimate of drug-likeness (QED) is 0.623. The van der Waals surface area contributed by atoms with Crippen molar-refractivity contribution < 1.29 is 17.9 Å². The van der Waals surface area contributed by atoms with E-state index in [1.807, 2.05) is 6.07 Å². The number of anilines is 1. The van der Waals surface area contributed by atoms with Crippen LogP contribution in [-0.2, 0) is 19.4 Å². The van der Waals surface area contributed by atoms with Crippen molar-refractivity contribution in [3.8, 4) is 5.75 Å². The Bertz CT molecular complexity index is 786. The fraction of sp³-hybridized carbons (Fsp3) is 0.316. The molecular weight excluding hydrogens is 343 g/mol. The predicted molar refractivity (Wildman–Crippen MR) is 95.4 cm³/mol. The minimum absolute atomic E-state index is 0.166. The Morgan fingerprint density at radius 3 is 2.54 bits per heavy atom. The van der Waals surface area contributed by atoms with Crippen molar-refractivity contribution in [2.45, 2.75) is 32.0 Å². The second kappa shape index (κ2) is 7.68. The van der Waals surface area contributed by atoms with Crippen LogP contribution in [0.5, 0.6) is 5.75 Å². The molecule has 0 aromatic heterocycles. The number of aryl methyl sites for hydroxylation is 2. The molecule has 0 unspecified atom stereocenters. The molecule has 0 bridgehead atoms. The molecule has 0 aliphatic heterocycles. The summed E-state index contributed by atoms with van der Waals surface area (Å²) in [6.45, 7) is -0.981. The third kappa shape index (κ3) is 5.15. The average molecular weight is 363 g/mol. The molecule has 0 radical (unpaired) electrons. The van der Waals surface area contributed by atoms with Gasteiger partial charge in [-0.05, 0) is 60.2 Å². The molecule has 0 saturated heterocycles. The molecule has 0 spiro atoms. The highest BCUT2D eigenvalue weighted by Gasteiger charge is 2.28. The van der Waals surface area contributed by atoms with Gasteiger partial charge >= 0.3 is 6.18 Å². The number of nitrogens with two attached hydrogens (primary N) is 1. The maximum atomic E-state index is 12.1. The summed E-state index contributed by atoms with van der Waals surface area (Å²) < 4.78 is 41.0. The molecule has 3 rings (SSSR count). The fourth-order valence-electron chi connectivity index (χ4n) is 2.87. The lowest BCUT2D eigenvalue weighted by Gasteiger charge is -2.10. The normalized spacial score (nSPS) is 14.2. The number of nitrogens with one attached hydrogen (secondary N) is 1. The number of aliphatic imine (C=N–C) groups is 1.